The second-order valence-electron chi connectivity index (χ2n) is 4.73. The number of amides is 3. The molecule has 3 N–H and O–H groups in total. The average molecular weight is 358 g/mol. The standard InChI is InChI=1S/C15H20ClN3O3S/c1-3-17-15(22)10(2)18-13(20)8-23-9-14(21)19-12-6-4-11(16)5-7-12/h4-7,10H,3,8-9H2,1-2H3,(H,17,22)(H,18,20)(H,19,21)/t10-/m1/s1. The molecule has 1 rings (SSSR count). The van der Waals surface area contributed by atoms with Gasteiger partial charge in [-0.2, -0.15) is 0 Å². The molecule has 0 saturated carbocycles. The monoisotopic (exact) mass is 357 g/mol. The summed E-state index contributed by atoms with van der Waals surface area (Å²) in [5.41, 5.74) is 0.648. The van der Waals surface area contributed by atoms with Crippen LogP contribution in [0.3, 0.4) is 0 Å². The van der Waals surface area contributed by atoms with Crippen LogP contribution < -0.4 is 16.0 Å². The highest BCUT2D eigenvalue weighted by atomic mass is 35.5. The molecule has 0 bridgehead atoms. The number of carbonyl (C=O) groups excluding carboxylic acids is 3. The van der Waals surface area contributed by atoms with Crippen molar-refractivity contribution in [2.75, 3.05) is 23.4 Å². The molecule has 1 aromatic carbocycles. The van der Waals surface area contributed by atoms with Crippen LogP contribution in [0.1, 0.15) is 13.8 Å². The van der Waals surface area contributed by atoms with E-state index in [1.807, 2.05) is 6.92 Å². The number of benzene rings is 1. The number of likely N-dealkylation sites (N-methyl/N-ethyl adjacent to an activating group) is 1. The van der Waals surface area contributed by atoms with Gasteiger partial charge in [0.25, 0.3) is 0 Å². The Morgan fingerprint density at radius 1 is 1.13 bits per heavy atom. The molecule has 0 aliphatic carbocycles. The van der Waals surface area contributed by atoms with E-state index in [4.69, 9.17) is 11.6 Å². The van der Waals surface area contributed by atoms with E-state index in [0.717, 1.165) is 0 Å². The largest absolute Gasteiger partial charge is 0.355 e. The molecular weight excluding hydrogens is 338 g/mol. The van der Waals surface area contributed by atoms with Gasteiger partial charge in [-0.25, -0.2) is 0 Å². The Kier molecular flexibility index (Phi) is 8.50. The zero-order chi connectivity index (χ0) is 17.2. The van der Waals surface area contributed by atoms with Gasteiger partial charge in [-0.05, 0) is 38.1 Å². The Morgan fingerprint density at radius 2 is 1.74 bits per heavy atom. The fourth-order valence-corrected chi connectivity index (χ4v) is 2.40. The summed E-state index contributed by atoms with van der Waals surface area (Å²) in [4.78, 5) is 34.9. The molecular formula is C15H20ClN3O3S. The SMILES string of the molecule is CCNC(=O)[C@@H](C)NC(=O)CSCC(=O)Nc1ccc(Cl)cc1. The Morgan fingerprint density at radius 3 is 2.35 bits per heavy atom. The van der Waals surface area contributed by atoms with E-state index < -0.39 is 6.04 Å². The summed E-state index contributed by atoms with van der Waals surface area (Å²) < 4.78 is 0. The van der Waals surface area contributed by atoms with Crippen molar-refractivity contribution in [3.05, 3.63) is 29.3 Å². The molecule has 1 atom stereocenters. The third-order valence-corrected chi connectivity index (χ3v) is 3.90. The van der Waals surface area contributed by atoms with Crippen molar-refractivity contribution >= 4 is 46.8 Å². The lowest BCUT2D eigenvalue weighted by Crippen LogP contribution is -2.45. The van der Waals surface area contributed by atoms with Crippen molar-refractivity contribution in [1.82, 2.24) is 10.6 Å². The molecule has 0 aromatic heterocycles. The van der Waals surface area contributed by atoms with E-state index in [-0.39, 0.29) is 29.2 Å². The van der Waals surface area contributed by atoms with Crippen LogP contribution in [-0.4, -0.2) is 41.8 Å². The molecule has 0 radical (unpaired) electrons. The van der Waals surface area contributed by atoms with Crippen molar-refractivity contribution in [2.24, 2.45) is 0 Å². The first-order valence-electron chi connectivity index (χ1n) is 7.12. The number of halogens is 1. The Bertz CT molecular complexity index is 551. The maximum atomic E-state index is 11.7. The van der Waals surface area contributed by atoms with E-state index in [9.17, 15) is 14.4 Å². The summed E-state index contributed by atoms with van der Waals surface area (Å²) in [6, 6.07) is 6.17. The lowest BCUT2D eigenvalue weighted by atomic mass is 10.3. The van der Waals surface area contributed by atoms with E-state index in [1.165, 1.54) is 11.8 Å². The van der Waals surface area contributed by atoms with Gasteiger partial charge in [0.1, 0.15) is 6.04 Å². The Balaban J connectivity index is 2.25. The predicted octanol–water partition coefficient (Wildman–Crippen LogP) is 1.65. The van der Waals surface area contributed by atoms with E-state index in [2.05, 4.69) is 16.0 Å². The van der Waals surface area contributed by atoms with Crippen molar-refractivity contribution in [3.8, 4) is 0 Å². The number of thioether (sulfide) groups is 1. The van der Waals surface area contributed by atoms with Crippen LogP contribution in [0.4, 0.5) is 5.69 Å². The van der Waals surface area contributed by atoms with Crippen LogP contribution in [0.2, 0.25) is 5.02 Å². The zero-order valence-corrected chi connectivity index (χ0v) is 14.6. The number of carbonyl (C=O) groups is 3. The minimum atomic E-state index is -0.592. The zero-order valence-electron chi connectivity index (χ0n) is 13.0. The maximum absolute atomic E-state index is 11.7. The number of hydrogen-bond donors (Lipinski definition) is 3. The highest BCUT2D eigenvalue weighted by Crippen LogP contribution is 2.13. The summed E-state index contributed by atoms with van der Waals surface area (Å²) in [7, 11) is 0. The van der Waals surface area contributed by atoms with E-state index in [1.54, 1.807) is 31.2 Å². The van der Waals surface area contributed by atoms with Crippen LogP contribution in [0.5, 0.6) is 0 Å². The Hall–Kier alpha value is -1.73. The molecule has 6 nitrogen and oxygen atoms in total. The second kappa shape index (κ2) is 10.1. The molecule has 0 fully saturated rings. The van der Waals surface area contributed by atoms with Gasteiger partial charge in [-0.1, -0.05) is 11.6 Å². The molecule has 3 amide bonds. The lowest BCUT2D eigenvalue weighted by Gasteiger charge is -2.13. The van der Waals surface area contributed by atoms with Crippen LogP contribution in [0.15, 0.2) is 24.3 Å². The summed E-state index contributed by atoms with van der Waals surface area (Å²) in [6.07, 6.45) is 0. The number of rotatable bonds is 8. The quantitative estimate of drug-likeness (QED) is 0.660. The highest BCUT2D eigenvalue weighted by Gasteiger charge is 2.14. The van der Waals surface area contributed by atoms with Crippen LogP contribution >= 0.6 is 23.4 Å². The normalized spacial score (nSPS) is 11.4. The molecule has 0 spiro atoms. The maximum Gasteiger partial charge on any atom is 0.242 e. The summed E-state index contributed by atoms with van der Waals surface area (Å²) in [5.74, 6) is -0.468. The van der Waals surface area contributed by atoms with Gasteiger partial charge < -0.3 is 16.0 Å². The highest BCUT2D eigenvalue weighted by molar-refractivity contribution is 8.00. The fourth-order valence-electron chi connectivity index (χ4n) is 1.64. The van der Waals surface area contributed by atoms with Crippen molar-refractivity contribution < 1.29 is 14.4 Å². The second-order valence-corrected chi connectivity index (χ2v) is 6.15. The minimum Gasteiger partial charge on any atom is -0.355 e. The van der Waals surface area contributed by atoms with Gasteiger partial charge in [-0.15, -0.1) is 11.8 Å². The average Bonchev–Trinajstić information content (AvgIpc) is 2.49. The molecule has 23 heavy (non-hydrogen) atoms. The van der Waals surface area contributed by atoms with Gasteiger partial charge in [0, 0.05) is 17.3 Å². The molecule has 1 aromatic rings. The smallest absolute Gasteiger partial charge is 0.242 e. The first-order chi connectivity index (χ1) is 10.9. The van der Waals surface area contributed by atoms with E-state index in [0.29, 0.717) is 17.3 Å². The van der Waals surface area contributed by atoms with Gasteiger partial charge in [-0.3, -0.25) is 14.4 Å². The van der Waals surface area contributed by atoms with Gasteiger partial charge in [0.05, 0.1) is 11.5 Å². The number of anilines is 1. The minimum absolute atomic E-state index is 0.109. The van der Waals surface area contributed by atoms with Crippen LogP contribution in [-0.2, 0) is 14.4 Å². The fraction of sp³-hybridized carbons (Fsp3) is 0.400. The van der Waals surface area contributed by atoms with Crippen LogP contribution in [0.25, 0.3) is 0 Å². The molecule has 8 heteroatoms. The van der Waals surface area contributed by atoms with Gasteiger partial charge in [0.15, 0.2) is 0 Å². The molecule has 0 heterocycles. The number of nitrogens with one attached hydrogen (secondary N) is 3. The number of hydrogen-bond acceptors (Lipinski definition) is 4. The third-order valence-electron chi connectivity index (χ3n) is 2.72. The first-order valence-corrected chi connectivity index (χ1v) is 8.66. The molecule has 0 aliphatic heterocycles. The summed E-state index contributed by atoms with van der Waals surface area (Å²) >= 11 is 6.94. The Labute approximate surface area is 144 Å². The lowest BCUT2D eigenvalue weighted by molar-refractivity contribution is -0.127. The third kappa shape index (κ3) is 7.90. The van der Waals surface area contributed by atoms with Crippen molar-refractivity contribution in [3.63, 3.8) is 0 Å². The van der Waals surface area contributed by atoms with E-state index >= 15 is 0 Å². The van der Waals surface area contributed by atoms with Crippen molar-refractivity contribution in [2.45, 2.75) is 19.9 Å². The first kappa shape index (κ1) is 19.3. The summed E-state index contributed by atoms with van der Waals surface area (Å²) in [6.45, 7) is 3.93. The molecule has 0 saturated heterocycles. The topological polar surface area (TPSA) is 87.3 Å². The summed E-state index contributed by atoms with van der Waals surface area (Å²) in [5, 5.41) is 8.50. The van der Waals surface area contributed by atoms with Gasteiger partial charge in [0.2, 0.25) is 17.7 Å². The van der Waals surface area contributed by atoms with Crippen LogP contribution in [0, 0.1) is 0 Å². The molecule has 0 unspecified atom stereocenters. The predicted molar refractivity (Wildman–Crippen MR) is 93.7 cm³/mol. The van der Waals surface area contributed by atoms with Crippen molar-refractivity contribution in [1.29, 1.82) is 0 Å². The molecule has 126 valence electrons. The molecule has 0 aliphatic rings. The van der Waals surface area contributed by atoms with Gasteiger partial charge >= 0.3 is 0 Å².